The minimum Gasteiger partial charge on any atom is -0.496 e. The van der Waals surface area contributed by atoms with Gasteiger partial charge in [-0.3, -0.25) is 0 Å². The van der Waals surface area contributed by atoms with Gasteiger partial charge in [-0.05, 0) is 36.2 Å². The van der Waals surface area contributed by atoms with Crippen LogP contribution in [-0.4, -0.2) is 17.3 Å². The van der Waals surface area contributed by atoms with Gasteiger partial charge in [0, 0.05) is 5.69 Å². The minimum absolute atomic E-state index is 0.459. The van der Waals surface area contributed by atoms with Crippen LogP contribution in [0.4, 0.5) is 5.69 Å². The molecule has 5 heteroatoms. The van der Waals surface area contributed by atoms with Crippen molar-refractivity contribution in [1.29, 1.82) is 0 Å². The van der Waals surface area contributed by atoms with Crippen molar-refractivity contribution in [3.05, 3.63) is 60.0 Å². The Balaban J connectivity index is 1.69. The first-order valence-electron chi connectivity index (χ1n) is 7.58. The molecule has 0 saturated heterocycles. The molecule has 3 aromatic rings. The Morgan fingerprint density at radius 2 is 1.83 bits per heavy atom. The molecule has 1 aromatic heterocycles. The van der Waals surface area contributed by atoms with Gasteiger partial charge in [0.15, 0.2) is 0 Å². The van der Waals surface area contributed by atoms with Gasteiger partial charge >= 0.3 is 0 Å². The number of anilines is 1. The molecule has 0 saturated carbocycles. The number of ether oxygens (including phenoxy) is 1. The number of aryl methyl sites for hydroxylation is 1. The summed E-state index contributed by atoms with van der Waals surface area (Å²) >= 11 is 0. The lowest BCUT2D eigenvalue weighted by atomic mass is 10.1. The molecule has 0 aliphatic rings. The van der Waals surface area contributed by atoms with E-state index in [0.717, 1.165) is 17.7 Å². The third-order valence-corrected chi connectivity index (χ3v) is 3.61. The highest BCUT2D eigenvalue weighted by Crippen LogP contribution is 2.28. The van der Waals surface area contributed by atoms with Crippen LogP contribution in [0.5, 0.6) is 5.75 Å². The summed E-state index contributed by atoms with van der Waals surface area (Å²) < 4.78 is 11.0. The Bertz CT molecular complexity index is 766. The lowest BCUT2D eigenvalue weighted by Gasteiger charge is -2.05. The summed E-state index contributed by atoms with van der Waals surface area (Å²) in [5.41, 5.74) is 3.13. The zero-order chi connectivity index (χ0) is 16.1. The first-order chi connectivity index (χ1) is 11.3. The average molecular weight is 309 g/mol. The van der Waals surface area contributed by atoms with E-state index in [1.165, 1.54) is 5.56 Å². The average Bonchev–Trinajstić information content (AvgIpc) is 3.09. The van der Waals surface area contributed by atoms with Crippen LogP contribution in [0.15, 0.2) is 52.9 Å². The predicted molar refractivity (Wildman–Crippen MR) is 89.4 cm³/mol. The summed E-state index contributed by atoms with van der Waals surface area (Å²) in [4.78, 5) is 0. The van der Waals surface area contributed by atoms with Gasteiger partial charge < -0.3 is 14.5 Å². The van der Waals surface area contributed by atoms with Crippen molar-refractivity contribution >= 4 is 5.69 Å². The number of benzene rings is 2. The highest BCUT2D eigenvalue weighted by molar-refractivity contribution is 5.62. The standard InChI is InChI=1S/C18H19N3O2/c1-3-13-8-10-14(11-9-13)19-12-17-20-21-18(23-17)15-6-4-5-7-16(15)22-2/h4-11,19H,3,12H2,1-2H3. The summed E-state index contributed by atoms with van der Waals surface area (Å²) in [5.74, 6) is 1.71. The van der Waals surface area contributed by atoms with Gasteiger partial charge in [-0.25, -0.2) is 0 Å². The maximum Gasteiger partial charge on any atom is 0.251 e. The number of nitrogens with zero attached hydrogens (tertiary/aromatic N) is 2. The fraction of sp³-hybridized carbons (Fsp3) is 0.222. The predicted octanol–water partition coefficient (Wildman–Crippen LogP) is 3.92. The molecule has 0 amide bonds. The second-order valence-corrected chi connectivity index (χ2v) is 5.11. The molecule has 0 aliphatic carbocycles. The molecule has 23 heavy (non-hydrogen) atoms. The van der Waals surface area contributed by atoms with E-state index in [0.29, 0.717) is 24.1 Å². The lowest BCUT2D eigenvalue weighted by Crippen LogP contribution is -1.99. The summed E-state index contributed by atoms with van der Waals surface area (Å²) in [6.07, 6.45) is 1.03. The van der Waals surface area contributed by atoms with Crippen LogP contribution in [0.2, 0.25) is 0 Å². The molecular weight excluding hydrogens is 290 g/mol. The summed E-state index contributed by atoms with van der Waals surface area (Å²) in [6.45, 7) is 2.62. The molecule has 0 spiro atoms. The van der Waals surface area contributed by atoms with Gasteiger partial charge in [0.2, 0.25) is 5.89 Å². The van der Waals surface area contributed by atoms with Crippen LogP contribution in [0.1, 0.15) is 18.4 Å². The Labute approximate surface area is 135 Å². The number of aromatic nitrogens is 2. The first-order valence-corrected chi connectivity index (χ1v) is 7.58. The monoisotopic (exact) mass is 309 g/mol. The molecule has 1 N–H and O–H groups in total. The lowest BCUT2D eigenvalue weighted by molar-refractivity contribution is 0.413. The topological polar surface area (TPSA) is 60.2 Å². The number of methoxy groups -OCH3 is 1. The molecule has 0 fully saturated rings. The largest absolute Gasteiger partial charge is 0.496 e. The molecule has 0 bridgehead atoms. The quantitative estimate of drug-likeness (QED) is 0.748. The number of nitrogens with one attached hydrogen (secondary N) is 1. The summed E-state index contributed by atoms with van der Waals surface area (Å²) in [6, 6.07) is 15.9. The Hall–Kier alpha value is -2.82. The van der Waals surface area contributed by atoms with Crippen molar-refractivity contribution in [2.24, 2.45) is 0 Å². The Kier molecular flexibility index (Phi) is 4.57. The first kappa shape index (κ1) is 15.1. The molecule has 0 atom stereocenters. The van der Waals surface area contributed by atoms with Crippen molar-refractivity contribution in [2.75, 3.05) is 12.4 Å². The Morgan fingerprint density at radius 3 is 2.57 bits per heavy atom. The second-order valence-electron chi connectivity index (χ2n) is 5.11. The van der Waals surface area contributed by atoms with E-state index in [-0.39, 0.29) is 0 Å². The fourth-order valence-corrected chi connectivity index (χ4v) is 2.29. The maximum absolute atomic E-state index is 5.71. The van der Waals surface area contributed by atoms with Crippen molar-refractivity contribution in [1.82, 2.24) is 10.2 Å². The van der Waals surface area contributed by atoms with E-state index in [4.69, 9.17) is 9.15 Å². The van der Waals surface area contributed by atoms with Crippen molar-refractivity contribution in [3.63, 3.8) is 0 Å². The van der Waals surface area contributed by atoms with Crippen molar-refractivity contribution in [3.8, 4) is 17.2 Å². The van der Waals surface area contributed by atoms with Gasteiger partial charge in [-0.15, -0.1) is 10.2 Å². The van der Waals surface area contributed by atoms with Gasteiger partial charge in [0.25, 0.3) is 5.89 Å². The van der Waals surface area contributed by atoms with Crippen molar-refractivity contribution < 1.29 is 9.15 Å². The fourth-order valence-electron chi connectivity index (χ4n) is 2.29. The highest BCUT2D eigenvalue weighted by atomic mass is 16.5. The number of para-hydroxylation sites is 1. The molecule has 2 aromatic carbocycles. The smallest absolute Gasteiger partial charge is 0.251 e. The van der Waals surface area contributed by atoms with Gasteiger partial charge in [0.1, 0.15) is 5.75 Å². The van der Waals surface area contributed by atoms with E-state index < -0.39 is 0 Å². The van der Waals surface area contributed by atoms with E-state index >= 15 is 0 Å². The van der Waals surface area contributed by atoms with Crippen molar-refractivity contribution in [2.45, 2.75) is 19.9 Å². The number of hydrogen-bond donors (Lipinski definition) is 1. The molecule has 0 aliphatic heterocycles. The molecular formula is C18H19N3O2. The van der Waals surface area contributed by atoms with Crippen LogP contribution in [0.25, 0.3) is 11.5 Å². The SMILES string of the molecule is CCc1ccc(NCc2nnc(-c3ccccc3OC)o2)cc1. The van der Waals surface area contributed by atoms with Crippen LogP contribution in [0.3, 0.4) is 0 Å². The van der Waals surface area contributed by atoms with E-state index in [1.807, 2.05) is 24.3 Å². The van der Waals surface area contributed by atoms with E-state index in [9.17, 15) is 0 Å². The molecule has 5 nitrogen and oxygen atoms in total. The molecule has 0 unspecified atom stereocenters. The Morgan fingerprint density at radius 1 is 1.04 bits per heavy atom. The third kappa shape index (κ3) is 3.51. The zero-order valence-corrected chi connectivity index (χ0v) is 13.2. The minimum atomic E-state index is 0.459. The van der Waals surface area contributed by atoms with Gasteiger partial charge in [0.05, 0.1) is 19.2 Å². The molecule has 3 rings (SSSR count). The van der Waals surface area contributed by atoms with E-state index in [1.54, 1.807) is 7.11 Å². The summed E-state index contributed by atoms with van der Waals surface area (Å²) in [5, 5.41) is 11.5. The number of rotatable bonds is 6. The van der Waals surface area contributed by atoms with Gasteiger partial charge in [-0.1, -0.05) is 31.2 Å². The summed E-state index contributed by atoms with van der Waals surface area (Å²) in [7, 11) is 1.62. The molecule has 1 heterocycles. The normalized spacial score (nSPS) is 10.5. The second kappa shape index (κ2) is 6.96. The van der Waals surface area contributed by atoms with Crippen LogP contribution in [-0.2, 0) is 13.0 Å². The maximum atomic E-state index is 5.71. The zero-order valence-electron chi connectivity index (χ0n) is 13.2. The van der Waals surface area contributed by atoms with Crippen LogP contribution in [0, 0.1) is 0 Å². The molecule has 0 radical (unpaired) electrons. The van der Waals surface area contributed by atoms with Crippen LogP contribution >= 0.6 is 0 Å². The van der Waals surface area contributed by atoms with E-state index in [2.05, 4.69) is 46.7 Å². The molecule has 118 valence electrons. The third-order valence-electron chi connectivity index (χ3n) is 3.61. The number of hydrogen-bond acceptors (Lipinski definition) is 5. The van der Waals surface area contributed by atoms with Gasteiger partial charge in [-0.2, -0.15) is 0 Å². The van der Waals surface area contributed by atoms with Crippen LogP contribution < -0.4 is 10.1 Å². The highest BCUT2D eigenvalue weighted by Gasteiger charge is 2.12.